The second-order valence-corrected chi connectivity index (χ2v) is 5.06. The SMILES string of the molecule is O=C(NCc1ccccc1CO)c1n[nH]c2ccccc2c1=O. The fraction of sp³-hybridized carbons (Fsp3) is 0.118. The van der Waals surface area contributed by atoms with E-state index in [-0.39, 0.29) is 18.8 Å². The standard InChI is InChI=1S/C17H15N3O3/c21-10-12-6-2-1-5-11(12)9-18-17(23)15-16(22)13-7-3-4-8-14(13)19-20-15/h1-8,21H,9-10H2,(H,18,23)(H,19,22). The molecule has 0 fully saturated rings. The van der Waals surface area contributed by atoms with Crippen LogP contribution in [0.2, 0.25) is 0 Å². The Bertz CT molecular complexity index is 918. The van der Waals surface area contributed by atoms with Gasteiger partial charge in [0.1, 0.15) is 0 Å². The van der Waals surface area contributed by atoms with Crippen LogP contribution in [0.5, 0.6) is 0 Å². The van der Waals surface area contributed by atoms with Crippen molar-refractivity contribution in [3.05, 3.63) is 75.6 Å². The number of fused-ring (bicyclic) bond motifs is 1. The van der Waals surface area contributed by atoms with E-state index in [1.54, 1.807) is 30.3 Å². The number of H-pyrrole nitrogens is 1. The molecule has 0 atom stereocenters. The molecule has 3 N–H and O–H groups in total. The van der Waals surface area contributed by atoms with Gasteiger partial charge in [-0.25, -0.2) is 0 Å². The molecule has 0 saturated carbocycles. The van der Waals surface area contributed by atoms with Gasteiger partial charge in [-0.2, -0.15) is 5.10 Å². The van der Waals surface area contributed by atoms with Gasteiger partial charge in [0.05, 0.1) is 12.1 Å². The molecule has 116 valence electrons. The number of aliphatic hydroxyl groups is 1. The summed E-state index contributed by atoms with van der Waals surface area (Å²) in [6.45, 7) is 0.102. The van der Waals surface area contributed by atoms with Gasteiger partial charge in [0.25, 0.3) is 5.91 Å². The van der Waals surface area contributed by atoms with Gasteiger partial charge in [0.2, 0.25) is 5.43 Å². The summed E-state index contributed by atoms with van der Waals surface area (Å²) in [6, 6.07) is 14.1. The molecule has 0 unspecified atom stereocenters. The molecule has 0 radical (unpaired) electrons. The molecule has 0 bridgehead atoms. The van der Waals surface area contributed by atoms with Crippen LogP contribution in [0.4, 0.5) is 0 Å². The molecule has 23 heavy (non-hydrogen) atoms. The smallest absolute Gasteiger partial charge is 0.276 e. The number of hydrogen-bond acceptors (Lipinski definition) is 4. The number of aromatic nitrogens is 2. The van der Waals surface area contributed by atoms with Gasteiger partial charge in [-0.05, 0) is 23.3 Å². The molecular formula is C17H15N3O3. The van der Waals surface area contributed by atoms with Gasteiger partial charge in [-0.1, -0.05) is 36.4 Å². The van der Waals surface area contributed by atoms with Crippen LogP contribution in [0.3, 0.4) is 0 Å². The third-order valence-electron chi connectivity index (χ3n) is 3.62. The van der Waals surface area contributed by atoms with Crippen molar-refractivity contribution >= 4 is 16.8 Å². The first-order chi connectivity index (χ1) is 11.2. The average molecular weight is 309 g/mol. The maximum absolute atomic E-state index is 12.3. The number of benzene rings is 2. The van der Waals surface area contributed by atoms with Crippen LogP contribution in [0.15, 0.2) is 53.3 Å². The largest absolute Gasteiger partial charge is 0.392 e. The molecule has 1 aromatic heterocycles. The molecule has 1 heterocycles. The average Bonchev–Trinajstić information content (AvgIpc) is 2.60. The summed E-state index contributed by atoms with van der Waals surface area (Å²) < 4.78 is 0. The fourth-order valence-electron chi connectivity index (χ4n) is 2.37. The number of hydrogen-bond donors (Lipinski definition) is 3. The third kappa shape index (κ3) is 2.97. The number of amides is 1. The molecule has 0 aliphatic heterocycles. The molecule has 1 amide bonds. The molecule has 6 nitrogen and oxygen atoms in total. The van der Waals surface area contributed by atoms with Crippen LogP contribution in [0.25, 0.3) is 10.9 Å². The van der Waals surface area contributed by atoms with Crippen molar-refractivity contribution in [1.29, 1.82) is 0 Å². The molecule has 2 aromatic carbocycles. The lowest BCUT2D eigenvalue weighted by atomic mass is 10.1. The highest BCUT2D eigenvalue weighted by atomic mass is 16.3. The van der Waals surface area contributed by atoms with Gasteiger partial charge in [0.15, 0.2) is 5.69 Å². The summed E-state index contributed by atoms with van der Waals surface area (Å²) in [4.78, 5) is 24.5. The van der Waals surface area contributed by atoms with E-state index in [1.165, 1.54) is 0 Å². The molecule has 3 rings (SSSR count). The Kier molecular flexibility index (Phi) is 4.16. The molecule has 0 saturated heterocycles. The number of carbonyl (C=O) groups is 1. The summed E-state index contributed by atoms with van der Waals surface area (Å²) in [5, 5.41) is 18.9. The van der Waals surface area contributed by atoms with E-state index in [4.69, 9.17) is 0 Å². The highest BCUT2D eigenvalue weighted by molar-refractivity contribution is 5.95. The number of aromatic amines is 1. The van der Waals surface area contributed by atoms with Crippen molar-refractivity contribution in [2.45, 2.75) is 13.2 Å². The molecule has 0 spiro atoms. The zero-order valence-corrected chi connectivity index (χ0v) is 12.2. The normalized spacial score (nSPS) is 10.7. The number of carbonyl (C=O) groups excluding carboxylic acids is 1. The predicted octanol–water partition coefficient (Wildman–Crippen LogP) is 1.35. The molecule has 3 aromatic rings. The minimum absolute atomic E-state index is 0.110. The first-order valence-electron chi connectivity index (χ1n) is 7.14. The fourth-order valence-corrected chi connectivity index (χ4v) is 2.37. The summed E-state index contributed by atoms with van der Waals surface area (Å²) in [5.74, 6) is -0.551. The van der Waals surface area contributed by atoms with Crippen LogP contribution < -0.4 is 10.7 Å². The number of nitrogens with zero attached hydrogens (tertiary/aromatic N) is 1. The minimum atomic E-state index is -0.551. The maximum atomic E-state index is 12.3. The van der Waals surface area contributed by atoms with Crippen molar-refractivity contribution in [3.8, 4) is 0 Å². The predicted molar refractivity (Wildman–Crippen MR) is 85.9 cm³/mol. The number of nitrogens with one attached hydrogen (secondary N) is 2. The lowest BCUT2D eigenvalue weighted by Gasteiger charge is -2.08. The van der Waals surface area contributed by atoms with E-state index in [2.05, 4.69) is 15.5 Å². The van der Waals surface area contributed by atoms with Gasteiger partial charge < -0.3 is 10.4 Å². The Labute approximate surface area is 131 Å². The van der Waals surface area contributed by atoms with Gasteiger partial charge in [-0.15, -0.1) is 0 Å². The first kappa shape index (κ1) is 14.9. The second kappa shape index (κ2) is 6.41. The summed E-state index contributed by atoms with van der Waals surface area (Å²) in [5.41, 5.74) is 1.52. The van der Waals surface area contributed by atoms with Crippen LogP contribution >= 0.6 is 0 Å². The number of aliphatic hydroxyl groups excluding tert-OH is 1. The first-order valence-corrected chi connectivity index (χ1v) is 7.14. The van der Waals surface area contributed by atoms with Crippen molar-refractivity contribution in [1.82, 2.24) is 15.5 Å². The van der Waals surface area contributed by atoms with E-state index in [0.29, 0.717) is 10.9 Å². The second-order valence-electron chi connectivity index (χ2n) is 5.06. The van der Waals surface area contributed by atoms with E-state index in [1.807, 2.05) is 18.2 Å². The lowest BCUT2D eigenvalue weighted by Crippen LogP contribution is -2.30. The lowest BCUT2D eigenvalue weighted by molar-refractivity contribution is 0.0943. The van der Waals surface area contributed by atoms with Crippen molar-refractivity contribution in [3.63, 3.8) is 0 Å². The molecule has 0 aliphatic rings. The Morgan fingerprint density at radius 3 is 2.57 bits per heavy atom. The Balaban J connectivity index is 1.84. The third-order valence-corrected chi connectivity index (χ3v) is 3.62. The Morgan fingerprint density at radius 1 is 1.09 bits per heavy atom. The minimum Gasteiger partial charge on any atom is -0.392 e. The van der Waals surface area contributed by atoms with Gasteiger partial charge >= 0.3 is 0 Å². The summed E-state index contributed by atoms with van der Waals surface area (Å²) in [6.07, 6.45) is 0. The van der Waals surface area contributed by atoms with Crippen molar-refractivity contribution < 1.29 is 9.90 Å². The summed E-state index contributed by atoms with van der Waals surface area (Å²) >= 11 is 0. The quantitative estimate of drug-likeness (QED) is 0.678. The number of rotatable bonds is 4. The van der Waals surface area contributed by atoms with Gasteiger partial charge in [-0.3, -0.25) is 14.7 Å². The monoisotopic (exact) mass is 309 g/mol. The van der Waals surface area contributed by atoms with Crippen LogP contribution in [-0.4, -0.2) is 21.2 Å². The van der Waals surface area contributed by atoms with Crippen molar-refractivity contribution in [2.75, 3.05) is 0 Å². The molecule has 0 aliphatic carbocycles. The number of para-hydroxylation sites is 1. The molecular weight excluding hydrogens is 294 g/mol. The summed E-state index contributed by atoms with van der Waals surface area (Å²) in [7, 11) is 0. The Hall–Kier alpha value is -2.99. The zero-order chi connectivity index (χ0) is 16.2. The highest BCUT2D eigenvalue weighted by Crippen LogP contribution is 2.09. The van der Waals surface area contributed by atoms with E-state index in [0.717, 1.165) is 11.1 Å². The van der Waals surface area contributed by atoms with E-state index in [9.17, 15) is 14.7 Å². The van der Waals surface area contributed by atoms with Crippen LogP contribution in [0, 0.1) is 0 Å². The maximum Gasteiger partial charge on any atom is 0.276 e. The van der Waals surface area contributed by atoms with E-state index >= 15 is 0 Å². The molecule has 6 heteroatoms. The van der Waals surface area contributed by atoms with Crippen LogP contribution in [-0.2, 0) is 13.2 Å². The van der Waals surface area contributed by atoms with Crippen molar-refractivity contribution in [2.24, 2.45) is 0 Å². The van der Waals surface area contributed by atoms with E-state index < -0.39 is 11.3 Å². The Morgan fingerprint density at radius 2 is 1.78 bits per heavy atom. The zero-order valence-electron chi connectivity index (χ0n) is 12.2. The van der Waals surface area contributed by atoms with Gasteiger partial charge in [0, 0.05) is 11.9 Å². The highest BCUT2D eigenvalue weighted by Gasteiger charge is 2.14. The topological polar surface area (TPSA) is 95.1 Å². The van der Waals surface area contributed by atoms with Crippen LogP contribution in [0.1, 0.15) is 21.6 Å².